The third kappa shape index (κ3) is 4.53. The van der Waals surface area contributed by atoms with Gasteiger partial charge in [0, 0.05) is 23.4 Å². The van der Waals surface area contributed by atoms with Gasteiger partial charge in [-0.25, -0.2) is 0 Å². The molecule has 0 bridgehead atoms. The Morgan fingerprint density at radius 1 is 1.36 bits per heavy atom. The Morgan fingerprint density at radius 2 is 2.05 bits per heavy atom. The van der Waals surface area contributed by atoms with E-state index in [0.29, 0.717) is 9.23 Å². The second kappa shape index (κ2) is 7.71. The van der Waals surface area contributed by atoms with Crippen molar-refractivity contribution < 1.29 is 14.7 Å². The molecular formula is C15H11BrNO3S2-. The van der Waals surface area contributed by atoms with Crippen LogP contribution in [0.1, 0.15) is 12.0 Å². The zero-order chi connectivity index (χ0) is 16.1. The molecule has 22 heavy (non-hydrogen) atoms. The zero-order valence-corrected chi connectivity index (χ0v) is 14.5. The summed E-state index contributed by atoms with van der Waals surface area (Å²) in [5, 5.41) is 10.5. The van der Waals surface area contributed by atoms with Gasteiger partial charge in [0.2, 0.25) is 0 Å². The molecule has 1 aromatic rings. The Kier molecular flexibility index (Phi) is 5.93. The van der Waals surface area contributed by atoms with Crippen LogP contribution in [-0.4, -0.2) is 27.6 Å². The van der Waals surface area contributed by atoms with Gasteiger partial charge in [0.1, 0.15) is 4.32 Å². The van der Waals surface area contributed by atoms with Gasteiger partial charge in [0.05, 0.1) is 4.91 Å². The molecule has 0 N–H and O–H groups in total. The minimum Gasteiger partial charge on any atom is -0.550 e. The molecule has 0 aliphatic carbocycles. The molecule has 1 aromatic carbocycles. The van der Waals surface area contributed by atoms with Crippen molar-refractivity contribution in [3.63, 3.8) is 0 Å². The molecule has 1 heterocycles. The van der Waals surface area contributed by atoms with Gasteiger partial charge in [-0.3, -0.25) is 9.69 Å². The molecule has 114 valence electrons. The quantitative estimate of drug-likeness (QED) is 0.564. The van der Waals surface area contributed by atoms with Gasteiger partial charge in [-0.2, -0.15) is 0 Å². The molecule has 0 radical (unpaired) electrons. The number of hydrogen-bond donors (Lipinski definition) is 0. The molecule has 1 fully saturated rings. The topological polar surface area (TPSA) is 60.4 Å². The smallest absolute Gasteiger partial charge is 0.266 e. The summed E-state index contributed by atoms with van der Waals surface area (Å²) in [6, 6.07) is 9.66. The summed E-state index contributed by atoms with van der Waals surface area (Å²) in [7, 11) is 0. The van der Waals surface area contributed by atoms with Crippen LogP contribution in [0.25, 0.3) is 6.08 Å². The lowest BCUT2D eigenvalue weighted by Gasteiger charge is -2.14. The van der Waals surface area contributed by atoms with Crippen LogP contribution in [0.5, 0.6) is 0 Å². The number of benzene rings is 1. The summed E-state index contributed by atoms with van der Waals surface area (Å²) in [6.45, 7) is 0.0321. The van der Waals surface area contributed by atoms with Gasteiger partial charge in [-0.05, 0) is 17.7 Å². The minimum absolute atomic E-state index is 0.0321. The van der Waals surface area contributed by atoms with E-state index in [9.17, 15) is 14.7 Å². The third-order valence-electron chi connectivity index (χ3n) is 2.79. The van der Waals surface area contributed by atoms with Crippen LogP contribution in [0.15, 0.2) is 45.8 Å². The number of rotatable bonds is 5. The van der Waals surface area contributed by atoms with Crippen molar-refractivity contribution >= 4 is 62.2 Å². The Labute approximate surface area is 146 Å². The fourth-order valence-electron chi connectivity index (χ4n) is 1.77. The van der Waals surface area contributed by atoms with Crippen LogP contribution in [0.4, 0.5) is 0 Å². The molecule has 0 saturated carbocycles. The van der Waals surface area contributed by atoms with Crippen LogP contribution in [0.2, 0.25) is 0 Å². The Morgan fingerprint density at radius 3 is 2.68 bits per heavy atom. The summed E-state index contributed by atoms with van der Waals surface area (Å²) in [6.07, 6.45) is 3.33. The molecule has 1 amide bonds. The number of thioether (sulfide) groups is 1. The molecule has 0 aromatic heterocycles. The maximum absolute atomic E-state index is 12.2. The molecule has 0 spiro atoms. The summed E-state index contributed by atoms with van der Waals surface area (Å²) in [5.74, 6) is -1.49. The van der Waals surface area contributed by atoms with Gasteiger partial charge in [0.25, 0.3) is 5.91 Å². The molecule has 1 saturated heterocycles. The number of carbonyl (C=O) groups excluding carboxylic acids is 2. The highest BCUT2D eigenvalue weighted by Gasteiger charge is 2.31. The van der Waals surface area contributed by atoms with Gasteiger partial charge >= 0.3 is 0 Å². The number of aliphatic carboxylic acids is 1. The predicted molar refractivity (Wildman–Crippen MR) is 93.0 cm³/mol. The Bertz CT molecular complexity index is 671. The first-order valence-electron chi connectivity index (χ1n) is 6.35. The number of thiocarbonyl (C=S) groups is 1. The number of amides is 1. The highest BCUT2D eigenvalue weighted by molar-refractivity contribution is 9.12. The monoisotopic (exact) mass is 396 g/mol. The second-order valence-corrected chi connectivity index (χ2v) is 6.99. The lowest BCUT2D eigenvalue weighted by Crippen LogP contribution is -2.33. The van der Waals surface area contributed by atoms with Gasteiger partial charge in [0.15, 0.2) is 0 Å². The van der Waals surface area contributed by atoms with Crippen molar-refractivity contribution in [1.82, 2.24) is 4.90 Å². The largest absolute Gasteiger partial charge is 0.550 e. The number of carboxylic acids is 1. The molecular weight excluding hydrogens is 386 g/mol. The average Bonchev–Trinajstić information content (AvgIpc) is 2.72. The van der Waals surface area contributed by atoms with E-state index in [2.05, 4.69) is 15.9 Å². The van der Waals surface area contributed by atoms with E-state index in [1.165, 1.54) is 4.90 Å². The molecule has 2 rings (SSSR count). The Balaban J connectivity index is 2.12. The highest BCUT2D eigenvalue weighted by Crippen LogP contribution is 2.33. The maximum Gasteiger partial charge on any atom is 0.266 e. The van der Waals surface area contributed by atoms with Crippen LogP contribution in [0.3, 0.4) is 0 Å². The van der Waals surface area contributed by atoms with Crippen LogP contribution in [-0.2, 0) is 9.59 Å². The second-order valence-electron chi connectivity index (χ2n) is 4.40. The van der Waals surface area contributed by atoms with E-state index in [1.807, 2.05) is 36.4 Å². The Hall–Kier alpha value is -1.44. The van der Waals surface area contributed by atoms with Gasteiger partial charge in [-0.15, -0.1) is 0 Å². The number of carboxylic acid groups (broad SMARTS) is 1. The lowest BCUT2D eigenvalue weighted by atomic mass is 10.2. The van der Waals surface area contributed by atoms with Crippen LogP contribution < -0.4 is 5.11 Å². The standard InChI is InChI=1S/C15H12BrNO3S2/c16-11(8-10-4-2-1-3-5-10)9-12-14(20)17(15(21)22-12)7-6-13(18)19/h1-5,8-9H,6-7H2,(H,18,19)/p-1/b11-8-,12-9?. The van der Waals surface area contributed by atoms with E-state index >= 15 is 0 Å². The number of carbonyl (C=O) groups is 2. The maximum atomic E-state index is 12.2. The molecule has 1 aliphatic heterocycles. The van der Waals surface area contributed by atoms with Crippen molar-refractivity contribution in [3.05, 3.63) is 51.4 Å². The molecule has 7 heteroatoms. The number of hydrogen-bond acceptors (Lipinski definition) is 5. The van der Waals surface area contributed by atoms with E-state index in [-0.39, 0.29) is 18.9 Å². The first-order chi connectivity index (χ1) is 10.5. The van der Waals surface area contributed by atoms with Crippen LogP contribution >= 0.6 is 39.9 Å². The summed E-state index contributed by atoms with van der Waals surface area (Å²) in [4.78, 5) is 24.4. The van der Waals surface area contributed by atoms with E-state index in [1.54, 1.807) is 6.08 Å². The molecule has 4 nitrogen and oxygen atoms in total. The number of allylic oxidation sites excluding steroid dienone is 2. The van der Waals surface area contributed by atoms with E-state index in [0.717, 1.165) is 21.8 Å². The van der Waals surface area contributed by atoms with Crippen molar-refractivity contribution in [3.8, 4) is 0 Å². The van der Waals surface area contributed by atoms with Crippen LogP contribution in [0, 0.1) is 0 Å². The van der Waals surface area contributed by atoms with Crippen molar-refractivity contribution in [2.45, 2.75) is 6.42 Å². The van der Waals surface area contributed by atoms with Crippen molar-refractivity contribution in [2.75, 3.05) is 6.54 Å². The van der Waals surface area contributed by atoms with E-state index in [4.69, 9.17) is 12.2 Å². The lowest BCUT2D eigenvalue weighted by molar-refractivity contribution is -0.305. The van der Waals surface area contributed by atoms with Crippen molar-refractivity contribution in [1.29, 1.82) is 0 Å². The van der Waals surface area contributed by atoms with Crippen molar-refractivity contribution in [2.24, 2.45) is 0 Å². The summed E-state index contributed by atoms with van der Waals surface area (Å²) in [5.41, 5.74) is 0.998. The normalized spacial score (nSPS) is 17.4. The van der Waals surface area contributed by atoms with E-state index < -0.39 is 5.97 Å². The zero-order valence-electron chi connectivity index (χ0n) is 11.3. The predicted octanol–water partition coefficient (Wildman–Crippen LogP) is 2.31. The summed E-state index contributed by atoms with van der Waals surface area (Å²) >= 11 is 9.67. The van der Waals surface area contributed by atoms with Gasteiger partial charge < -0.3 is 9.90 Å². The SMILES string of the molecule is O=C([O-])CCN1C(=O)C(=C/C(Br)=C/c2ccccc2)SC1=S. The third-order valence-corrected chi connectivity index (χ3v) is 4.62. The fraction of sp³-hybridized carbons (Fsp3) is 0.133. The minimum atomic E-state index is -1.21. The highest BCUT2D eigenvalue weighted by atomic mass is 79.9. The first-order valence-corrected chi connectivity index (χ1v) is 8.36. The number of halogens is 1. The number of nitrogens with zero attached hydrogens (tertiary/aromatic N) is 1. The fourth-order valence-corrected chi connectivity index (χ4v) is 3.72. The summed E-state index contributed by atoms with van der Waals surface area (Å²) < 4.78 is 1.09. The average molecular weight is 397 g/mol. The van der Waals surface area contributed by atoms with Gasteiger partial charge in [-0.1, -0.05) is 70.2 Å². The molecule has 0 atom stereocenters. The first kappa shape index (κ1) is 16.9. The molecule has 1 aliphatic rings. The molecule has 0 unspecified atom stereocenters.